The van der Waals surface area contributed by atoms with Gasteiger partial charge in [-0.15, -0.1) is 0 Å². The lowest BCUT2D eigenvalue weighted by atomic mass is 9.88. The normalized spacial score (nSPS) is 36.7. The largest absolute Gasteiger partial charge is 0.381 e. The Balaban J connectivity index is 1.29. The van der Waals surface area contributed by atoms with Gasteiger partial charge in [0, 0.05) is 57.9 Å². The number of ether oxygens (including phenoxy) is 2. The SMILES string of the molecule is C[C@H]1C[C@@H]2[C@@H](CC(=O)N2CCN2CCOCC2)[C@@H]1CNC1CCOCC1. The molecule has 0 aromatic carbocycles. The van der Waals surface area contributed by atoms with Crippen molar-refractivity contribution in [1.29, 1.82) is 0 Å². The van der Waals surface area contributed by atoms with E-state index in [2.05, 4.69) is 22.0 Å². The number of rotatable bonds is 6. The van der Waals surface area contributed by atoms with E-state index in [1.54, 1.807) is 0 Å². The van der Waals surface area contributed by atoms with Crippen molar-refractivity contribution in [2.45, 2.75) is 44.7 Å². The Kier molecular flexibility index (Phi) is 6.14. The van der Waals surface area contributed by atoms with E-state index in [0.717, 1.165) is 78.4 Å². The molecule has 1 amide bonds. The molecule has 3 aliphatic heterocycles. The van der Waals surface area contributed by atoms with Gasteiger partial charge >= 0.3 is 0 Å². The molecule has 26 heavy (non-hydrogen) atoms. The predicted molar refractivity (Wildman–Crippen MR) is 100.0 cm³/mol. The first-order valence-corrected chi connectivity index (χ1v) is 10.6. The lowest BCUT2D eigenvalue weighted by Gasteiger charge is -2.31. The number of nitrogens with one attached hydrogen (secondary N) is 1. The number of fused-ring (bicyclic) bond motifs is 1. The van der Waals surface area contributed by atoms with Crippen molar-refractivity contribution in [3.8, 4) is 0 Å². The van der Waals surface area contributed by atoms with Gasteiger partial charge in [0.15, 0.2) is 0 Å². The van der Waals surface area contributed by atoms with Crippen molar-refractivity contribution in [3.63, 3.8) is 0 Å². The van der Waals surface area contributed by atoms with Gasteiger partial charge < -0.3 is 19.7 Å². The number of likely N-dealkylation sites (tertiary alicyclic amines) is 1. The molecule has 1 saturated carbocycles. The average molecular weight is 366 g/mol. The summed E-state index contributed by atoms with van der Waals surface area (Å²) in [5.41, 5.74) is 0. The number of hydrogen-bond donors (Lipinski definition) is 1. The fourth-order valence-electron chi connectivity index (χ4n) is 5.51. The third kappa shape index (κ3) is 4.08. The van der Waals surface area contributed by atoms with E-state index in [-0.39, 0.29) is 0 Å². The van der Waals surface area contributed by atoms with E-state index < -0.39 is 0 Å². The van der Waals surface area contributed by atoms with Crippen LogP contribution in [0.15, 0.2) is 0 Å². The molecule has 6 heteroatoms. The van der Waals surface area contributed by atoms with Gasteiger partial charge in [-0.3, -0.25) is 9.69 Å². The van der Waals surface area contributed by atoms with Gasteiger partial charge in [0.2, 0.25) is 5.91 Å². The van der Waals surface area contributed by atoms with Crippen LogP contribution in [0.4, 0.5) is 0 Å². The predicted octanol–water partition coefficient (Wildman–Crippen LogP) is 0.960. The minimum Gasteiger partial charge on any atom is -0.381 e. The molecule has 4 fully saturated rings. The Hall–Kier alpha value is -0.690. The summed E-state index contributed by atoms with van der Waals surface area (Å²) in [6, 6.07) is 1.07. The van der Waals surface area contributed by atoms with Crippen LogP contribution >= 0.6 is 0 Å². The summed E-state index contributed by atoms with van der Waals surface area (Å²) < 4.78 is 10.9. The first-order chi connectivity index (χ1) is 12.7. The van der Waals surface area contributed by atoms with Crippen molar-refractivity contribution in [2.24, 2.45) is 17.8 Å². The van der Waals surface area contributed by atoms with Crippen LogP contribution in [0.3, 0.4) is 0 Å². The zero-order valence-corrected chi connectivity index (χ0v) is 16.2. The standard InChI is InChI=1S/C20H35N3O3/c1-15-12-19-17(18(15)14-21-16-2-8-25-9-3-16)13-20(24)23(19)5-4-22-6-10-26-11-7-22/h15-19,21H,2-14H2,1H3/t15-,17-,18+,19+/m0/s1. The summed E-state index contributed by atoms with van der Waals surface area (Å²) in [6.45, 7) is 10.8. The molecule has 3 saturated heterocycles. The van der Waals surface area contributed by atoms with Crippen LogP contribution in [0, 0.1) is 17.8 Å². The molecular weight excluding hydrogens is 330 g/mol. The van der Waals surface area contributed by atoms with Gasteiger partial charge in [-0.1, -0.05) is 6.92 Å². The summed E-state index contributed by atoms with van der Waals surface area (Å²) in [4.78, 5) is 17.3. The highest BCUT2D eigenvalue weighted by Crippen LogP contribution is 2.45. The summed E-state index contributed by atoms with van der Waals surface area (Å²) >= 11 is 0. The van der Waals surface area contributed by atoms with E-state index in [0.29, 0.717) is 35.7 Å². The van der Waals surface area contributed by atoms with Gasteiger partial charge in [-0.25, -0.2) is 0 Å². The summed E-state index contributed by atoms with van der Waals surface area (Å²) in [5, 5.41) is 3.79. The smallest absolute Gasteiger partial charge is 0.223 e. The molecule has 0 unspecified atom stereocenters. The molecule has 148 valence electrons. The molecule has 4 rings (SSSR count). The highest BCUT2D eigenvalue weighted by Gasteiger charge is 2.50. The second-order valence-corrected chi connectivity index (χ2v) is 8.65. The molecule has 0 bridgehead atoms. The third-order valence-corrected chi connectivity index (χ3v) is 7.14. The Labute approximate surface area is 157 Å². The van der Waals surface area contributed by atoms with Gasteiger partial charge in [-0.05, 0) is 43.6 Å². The van der Waals surface area contributed by atoms with Crippen molar-refractivity contribution in [1.82, 2.24) is 15.1 Å². The van der Waals surface area contributed by atoms with E-state index >= 15 is 0 Å². The molecule has 6 nitrogen and oxygen atoms in total. The van der Waals surface area contributed by atoms with Crippen LogP contribution in [0.1, 0.15) is 32.6 Å². The Bertz CT molecular complexity index is 477. The highest BCUT2D eigenvalue weighted by atomic mass is 16.5. The van der Waals surface area contributed by atoms with E-state index in [9.17, 15) is 4.79 Å². The maximum absolute atomic E-state index is 12.7. The molecule has 0 spiro atoms. The molecule has 4 aliphatic rings. The Morgan fingerprint density at radius 1 is 1.08 bits per heavy atom. The first kappa shape index (κ1) is 18.7. The van der Waals surface area contributed by atoms with E-state index in [1.807, 2.05) is 0 Å². The maximum Gasteiger partial charge on any atom is 0.223 e. The highest BCUT2D eigenvalue weighted by molar-refractivity contribution is 5.79. The molecule has 0 aromatic rings. The average Bonchev–Trinajstić information content (AvgIpc) is 3.13. The minimum absolute atomic E-state index is 0.385. The van der Waals surface area contributed by atoms with Gasteiger partial charge in [0.05, 0.1) is 13.2 Å². The van der Waals surface area contributed by atoms with E-state index in [4.69, 9.17) is 9.47 Å². The molecule has 4 atom stereocenters. The lowest BCUT2D eigenvalue weighted by Crippen LogP contribution is -2.44. The molecule has 1 N–H and O–H groups in total. The minimum atomic E-state index is 0.385. The first-order valence-electron chi connectivity index (χ1n) is 10.6. The lowest BCUT2D eigenvalue weighted by molar-refractivity contribution is -0.129. The summed E-state index contributed by atoms with van der Waals surface area (Å²) in [5.74, 6) is 2.28. The number of amides is 1. The van der Waals surface area contributed by atoms with Crippen LogP contribution < -0.4 is 5.32 Å². The maximum atomic E-state index is 12.7. The number of nitrogens with zero attached hydrogens (tertiary/aromatic N) is 2. The van der Waals surface area contributed by atoms with Crippen LogP contribution in [-0.4, -0.2) is 86.9 Å². The van der Waals surface area contributed by atoms with Crippen LogP contribution in [0.5, 0.6) is 0 Å². The molecule has 1 aliphatic carbocycles. The zero-order valence-electron chi connectivity index (χ0n) is 16.2. The summed E-state index contributed by atoms with van der Waals surface area (Å²) in [7, 11) is 0. The van der Waals surface area contributed by atoms with Crippen LogP contribution in [0.25, 0.3) is 0 Å². The van der Waals surface area contributed by atoms with Crippen LogP contribution in [0.2, 0.25) is 0 Å². The van der Waals surface area contributed by atoms with Gasteiger partial charge in [0.1, 0.15) is 0 Å². The Morgan fingerprint density at radius 3 is 2.58 bits per heavy atom. The van der Waals surface area contributed by atoms with Crippen LogP contribution in [-0.2, 0) is 14.3 Å². The fourth-order valence-corrected chi connectivity index (χ4v) is 5.51. The number of hydrogen-bond acceptors (Lipinski definition) is 5. The zero-order chi connectivity index (χ0) is 17.9. The molecule has 3 heterocycles. The third-order valence-electron chi connectivity index (χ3n) is 7.14. The number of morpholine rings is 1. The molecule has 0 aromatic heterocycles. The fraction of sp³-hybridized carbons (Fsp3) is 0.950. The van der Waals surface area contributed by atoms with E-state index in [1.165, 1.54) is 6.42 Å². The topological polar surface area (TPSA) is 54.0 Å². The van der Waals surface area contributed by atoms with Gasteiger partial charge in [-0.2, -0.15) is 0 Å². The molecule has 0 radical (unpaired) electrons. The van der Waals surface area contributed by atoms with Crippen molar-refractivity contribution >= 4 is 5.91 Å². The second kappa shape index (κ2) is 8.55. The number of carbonyl (C=O) groups is 1. The second-order valence-electron chi connectivity index (χ2n) is 8.65. The van der Waals surface area contributed by atoms with Crippen molar-refractivity contribution < 1.29 is 14.3 Å². The molecular formula is C20H35N3O3. The van der Waals surface area contributed by atoms with Gasteiger partial charge in [0.25, 0.3) is 0 Å². The monoisotopic (exact) mass is 365 g/mol. The number of carbonyl (C=O) groups excluding carboxylic acids is 1. The quantitative estimate of drug-likeness (QED) is 0.760. The van der Waals surface area contributed by atoms with Crippen molar-refractivity contribution in [3.05, 3.63) is 0 Å². The van der Waals surface area contributed by atoms with Crippen molar-refractivity contribution in [2.75, 3.05) is 59.2 Å². The Morgan fingerprint density at radius 2 is 1.81 bits per heavy atom. The summed E-state index contributed by atoms with van der Waals surface area (Å²) in [6.07, 6.45) is 4.19.